The van der Waals surface area contributed by atoms with Crippen LogP contribution in [0.15, 0.2) is 16.6 Å². The van der Waals surface area contributed by atoms with Crippen LogP contribution in [-0.4, -0.2) is 18.7 Å². The molecule has 1 aromatic carbocycles. The number of hydrogen-bond acceptors (Lipinski definition) is 2. The third-order valence-corrected chi connectivity index (χ3v) is 5.27. The Morgan fingerprint density at radius 2 is 1.89 bits per heavy atom. The van der Waals surface area contributed by atoms with Gasteiger partial charge in [-0.05, 0) is 75.9 Å². The van der Waals surface area contributed by atoms with Crippen LogP contribution in [0.3, 0.4) is 0 Å². The number of nitrogens with one attached hydrogen (secondary N) is 1. The van der Waals surface area contributed by atoms with Gasteiger partial charge in [0.15, 0.2) is 0 Å². The molecular formula is C16H24BrNO. The normalized spacial score (nSPS) is 17.1. The fourth-order valence-corrected chi connectivity index (χ4v) is 2.91. The van der Waals surface area contributed by atoms with Crippen molar-refractivity contribution in [3.8, 4) is 5.75 Å². The molecule has 1 aliphatic carbocycles. The highest BCUT2D eigenvalue weighted by atomic mass is 79.9. The van der Waals surface area contributed by atoms with E-state index in [0.717, 1.165) is 25.3 Å². The molecule has 106 valence electrons. The molecule has 1 aliphatic rings. The lowest BCUT2D eigenvalue weighted by Crippen LogP contribution is -2.45. The Balaban J connectivity index is 2.06. The van der Waals surface area contributed by atoms with Crippen LogP contribution in [0, 0.1) is 13.8 Å². The second-order valence-corrected chi connectivity index (χ2v) is 6.41. The van der Waals surface area contributed by atoms with E-state index in [1.807, 2.05) is 0 Å². The molecule has 0 amide bonds. The van der Waals surface area contributed by atoms with E-state index < -0.39 is 0 Å². The van der Waals surface area contributed by atoms with E-state index in [0.29, 0.717) is 0 Å². The quantitative estimate of drug-likeness (QED) is 0.784. The highest BCUT2D eigenvalue weighted by molar-refractivity contribution is 9.10. The van der Waals surface area contributed by atoms with Gasteiger partial charge in [0.2, 0.25) is 0 Å². The van der Waals surface area contributed by atoms with Crippen molar-refractivity contribution in [2.75, 3.05) is 13.1 Å². The molecule has 1 fully saturated rings. The summed E-state index contributed by atoms with van der Waals surface area (Å²) in [5, 5.41) is 3.40. The Hall–Kier alpha value is -0.540. The zero-order chi connectivity index (χ0) is 13.9. The third-order valence-electron chi connectivity index (χ3n) is 4.02. The fourth-order valence-electron chi connectivity index (χ4n) is 2.68. The van der Waals surface area contributed by atoms with Crippen molar-refractivity contribution in [2.45, 2.75) is 52.1 Å². The summed E-state index contributed by atoms with van der Waals surface area (Å²) in [5.74, 6) is 1.02. The van der Waals surface area contributed by atoms with Crippen LogP contribution in [0.5, 0.6) is 5.75 Å². The highest BCUT2D eigenvalue weighted by Gasteiger charge is 2.38. The van der Waals surface area contributed by atoms with Crippen LogP contribution < -0.4 is 10.1 Å². The summed E-state index contributed by atoms with van der Waals surface area (Å²) in [5.41, 5.74) is 2.57. The van der Waals surface area contributed by atoms with Crippen molar-refractivity contribution < 1.29 is 4.74 Å². The second kappa shape index (κ2) is 6.27. The Morgan fingerprint density at radius 3 is 2.37 bits per heavy atom. The molecule has 0 unspecified atom stereocenters. The molecule has 0 bridgehead atoms. The van der Waals surface area contributed by atoms with E-state index in [1.165, 1.54) is 34.9 Å². The molecule has 0 saturated heterocycles. The third kappa shape index (κ3) is 3.51. The molecule has 0 atom stereocenters. The zero-order valence-corrected chi connectivity index (χ0v) is 13.8. The summed E-state index contributed by atoms with van der Waals surface area (Å²) >= 11 is 3.61. The van der Waals surface area contributed by atoms with E-state index in [2.05, 4.69) is 54.2 Å². The fraction of sp³-hybridized carbons (Fsp3) is 0.625. The summed E-state index contributed by atoms with van der Waals surface area (Å²) in [6.07, 6.45) is 4.77. The maximum atomic E-state index is 6.34. The topological polar surface area (TPSA) is 21.3 Å². The van der Waals surface area contributed by atoms with Crippen molar-refractivity contribution in [1.29, 1.82) is 0 Å². The smallest absolute Gasteiger partial charge is 0.120 e. The molecular weight excluding hydrogens is 302 g/mol. The molecule has 1 N–H and O–H groups in total. The molecule has 0 radical (unpaired) electrons. The first kappa shape index (κ1) is 14.9. The van der Waals surface area contributed by atoms with Gasteiger partial charge in [-0.25, -0.2) is 0 Å². The van der Waals surface area contributed by atoms with Crippen molar-refractivity contribution in [3.05, 3.63) is 27.7 Å². The molecule has 0 aliphatic heterocycles. The van der Waals surface area contributed by atoms with E-state index in [9.17, 15) is 0 Å². The van der Waals surface area contributed by atoms with Crippen molar-refractivity contribution in [2.24, 2.45) is 0 Å². The summed E-state index contributed by atoms with van der Waals surface area (Å²) in [6.45, 7) is 8.47. The number of hydrogen-bond donors (Lipinski definition) is 1. The number of halogens is 1. The number of aryl methyl sites for hydroxylation is 2. The first-order chi connectivity index (χ1) is 9.06. The summed E-state index contributed by atoms with van der Waals surface area (Å²) in [4.78, 5) is 0. The average molecular weight is 326 g/mol. The van der Waals surface area contributed by atoms with Gasteiger partial charge in [0.05, 0.1) is 0 Å². The van der Waals surface area contributed by atoms with E-state index in [1.54, 1.807) is 0 Å². The van der Waals surface area contributed by atoms with Crippen molar-refractivity contribution in [3.63, 3.8) is 0 Å². The summed E-state index contributed by atoms with van der Waals surface area (Å²) < 4.78 is 7.53. The monoisotopic (exact) mass is 325 g/mol. The van der Waals surface area contributed by atoms with Gasteiger partial charge < -0.3 is 10.1 Å². The van der Waals surface area contributed by atoms with Gasteiger partial charge in [-0.2, -0.15) is 0 Å². The Labute approximate surface area is 125 Å². The molecule has 0 aromatic heterocycles. The van der Waals surface area contributed by atoms with Crippen LogP contribution in [-0.2, 0) is 0 Å². The standard InChI is InChI=1S/C16H24BrNO/c1-4-18-9-8-16(6-5-7-16)19-14-10-12(2)15(17)13(3)11-14/h10-11,18H,4-9H2,1-3H3. The van der Waals surface area contributed by atoms with Crippen LogP contribution in [0.25, 0.3) is 0 Å². The zero-order valence-electron chi connectivity index (χ0n) is 12.2. The van der Waals surface area contributed by atoms with Crippen LogP contribution in [0.2, 0.25) is 0 Å². The van der Waals surface area contributed by atoms with Crippen LogP contribution in [0.4, 0.5) is 0 Å². The Bertz CT molecular complexity index is 417. The molecule has 0 spiro atoms. The van der Waals surface area contributed by atoms with E-state index in [-0.39, 0.29) is 5.60 Å². The predicted molar refractivity (Wildman–Crippen MR) is 84.0 cm³/mol. The average Bonchev–Trinajstić information content (AvgIpc) is 2.33. The van der Waals surface area contributed by atoms with E-state index >= 15 is 0 Å². The second-order valence-electron chi connectivity index (χ2n) is 5.61. The minimum Gasteiger partial charge on any atom is -0.487 e. The predicted octanol–water partition coefficient (Wildman–Crippen LogP) is 4.37. The summed E-state index contributed by atoms with van der Waals surface area (Å²) in [6, 6.07) is 4.29. The number of ether oxygens (including phenoxy) is 1. The van der Waals surface area contributed by atoms with Gasteiger partial charge in [0, 0.05) is 4.47 Å². The summed E-state index contributed by atoms with van der Waals surface area (Å²) in [7, 11) is 0. The van der Waals surface area contributed by atoms with Crippen LogP contribution in [0.1, 0.15) is 43.7 Å². The van der Waals surface area contributed by atoms with Gasteiger partial charge in [0.25, 0.3) is 0 Å². The molecule has 1 aromatic rings. The molecule has 19 heavy (non-hydrogen) atoms. The van der Waals surface area contributed by atoms with Gasteiger partial charge in [-0.15, -0.1) is 0 Å². The Kier molecular flexibility index (Phi) is 4.91. The lowest BCUT2D eigenvalue weighted by molar-refractivity contribution is -0.0142. The maximum absolute atomic E-state index is 6.34. The maximum Gasteiger partial charge on any atom is 0.120 e. The minimum atomic E-state index is 0.0783. The number of benzene rings is 1. The van der Waals surface area contributed by atoms with Crippen molar-refractivity contribution in [1.82, 2.24) is 5.32 Å². The first-order valence-corrected chi connectivity index (χ1v) is 8.02. The highest BCUT2D eigenvalue weighted by Crippen LogP contribution is 2.40. The molecule has 2 nitrogen and oxygen atoms in total. The minimum absolute atomic E-state index is 0.0783. The first-order valence-electron chi connectivity index (χ1n) is 7.23. The molecule has 2 rings (SSSR count). The van der Waals surface area contributed by atoms with E-state index in [4.69, 9.17) is 4.74 Å². The molecule has 0 heterocycles. The SMILES string of the molecule is CCNCCC1(Oc2cc(C)c(Br)c(C)c2)CCC1. The van der Waals surface area contributed by atoms with Gasteiger partial charge in [-0.3, -0.25) is 0 Å². The largest absolute Gasteiger partial charge is 0.487 e. The van der Waals surface area contributed by atoms with Crippen molar-refractivity contribution >= 4 is 15.9 Å². The van der Waals surface area contributed by atoms with Gasteiger partial charge >= 0.3 is 0 Å². The molecule has 3 heteroatoms. The number of rotatable bonds is 6. The van der Waals surface area contributed by atoms with Gasteiger partial charge in [0.1, 0.15) is 11.4 Å². The lowest BCUT2D eigenvalue weighted by atomic mass is 9.77. The van der Waals surface area contributed by atoms with Gasteiger partial charge in [-0.1, -0.05) is 22.9 Å². The molecule has 1 saturated carbocycles. The lowest BCUT2D eigenvalue weighted by Gasteiger charge is -2.42. The Morgan fingerprint density at radius 1 is 1.26 bits per heavy atom. The van der Waals surface area contributed by atoms with Crippen LogP contribution >= 0.6 is 15.9 Å².